The van der Waals surface area contributed by atoms with Crippen molar-refractivity contribution in [1.82, 2.24) is 9.13 Å². The van der Waals surface area contributed by atoms with Gasteiger partial charge in [0.1, 0.15) is 0 Å². The summed E-state index contributed by atoms with van der Waals surface area (Å²) in [6.45, 7) is 15.6. The van der Waals surface area contributed by atoms with Gasteiger partial charge < -0.3 is 18.9 Å². The molecule has 5 heteroatoms. The summed E-state index contributed by atoms with van der Waals surface area (Å²) in [4.78, 5) is 3.40. The minimum Gasteiger partial charge on any atom is -0.310 e. The van der Waals surface area contributed by atoms with Gasteiger partial charge in [-0.3, -0.25) is 0 Å². The molecule has 131 heavy (non-hydrogen) atoms. The monoisotopic (exact) mass is 1730 g/mol. The van der Waals surface area contributed by atoms with Gasteiger partial charge in [-0.2, -0.15) is 0 Å². The van der Waals surface area contributed by atoms with Crippen molar-refractivity contribution >= 4 is 101 Å². The molecule has 0 saturated heterocycles. The average Bonchev–Trinajstić information content (AvgIpc) is 1.64. The zero-order chi connectivity index (χ0) is 129. The first kappa shape index (κ1) is 44.9. The zero-order valence-corrected chi connectivity index (χ0v) is 71.9. The van der Waals surface area contributed by atoms with Gasteiger partial charge in [0.2, 0.25) is 0 Å². The lowest BCUT2D eigenvalue weighted by molar-refractivity contribution is 0.590. The Bertz CT molecular complexity index is 10000. The SMILES string of the molecule is [2H]c1c([2H])c([2H])c(-c2c([2H])c(-c3c([2H])c([2H])c([2H])c([2H])c3[2H])c([2H])c(-c3c([2H])c([2H])c4c(c3[2H])c3c([2H])c([2H])c([2H])c([2H])c3n4-c3c([2H])c([2H])c4c(c3[2H])N(c3c(-c5ccccc5)cc(C(C)(C)C)cc3-c3ccccc3)c3cc(C(C)(C)C)cc5c3B4c3c([2H])c([2H])c(-n4c6c([2H])c([2H])c([2H])c([2H])c6c6c([2H])c(-c7c([2H])c(-c8c([2H])c([2H])c([2H])c([2H])c8[2H])c([2H])c(-c8c([2H])c([2H])c([2H])c([2H])c8[2H])c7[2H])c([2H])c([2H])c64)c([2H])c3N5c3c(-c4ccccc4)cc(C(C)(C)C)cc3-c3ccccc3)c2[2H])c([2H])c1[2H]. The fraction of sp³-hybridized carbons (Fsp3) is 0.0952. The van der Waals surface area contributed by atoms with E-state index >= 15 is 0 Å². The Morgan fingerprint density at radius 2 is 0.496 bits per heavy atom. The van der Waals surface area contributed by atoms with Crippen molar-refractivity contribution in [3.05, 3.63) is 452 Å². The van der Waals surface area contributed by atoms with Crippen molar-refractivity contribution in [2.75, 3.05) is 9.80 Å². The molecule has 0 saturated carbocycles. The molecule has 0 radical (unpaired) electrons. The Labute approximate surface area is 833 Å². The van der Waals surface area contributed by atoms with Gasteiger partial charge in [-0.05, 0) is 271 Å². The van der Waals surface area contributed by atoms with Crippen molar-refractivity contribution in [3.8, 4) is 123 Å². The summed E-state index contributed by atoms with van der Waals surface area (Å²) in [5.74, 6) is 0. The summed E-state index contributed by atoms with van der Waals surface area (Å²) in [6, 6.07) is -1.98. The molecule has 0 bridgehead atoms. The first-order chi connectivity index (χ1) is 83.1. The number of fused-ring (bicyclic) bond motifs is 10. The molecule has 19 aromatic carbocycles. The average molecular weight is 1730 g/mol. The summed E-state index contributed by atoms with van der Waals surface area (Å²) in [5.41, 5.74) is -15.7. The molecule has 0 atom stereocenters. The second-order valence-corrected chi connectivity index (χ2v) is 35.1. The fourth-order valence-electron chi connectivity index (χ4n) is 17.5. The van der Waals surface area contributed by atoms with Crippen molar-refractivity contribution in [3.63, 3.8) is 0 Å². The number of aromatic nitrogens is 2. The smallest absolute Gasteiger partial charge is 0.252 e. The van der Waals surface area contributed by atoms with Gasteiger partial charge in [-0.15, -0.1) is 0 Å². The van der Waals surface area contributed by atoms with Crippen LogP contribution in [0.25, 0.3) is 166 Å². The van der Waals surface area contributed by atoms with Crippen LogP contribution in [0.2, 0.25) is 0 Å². The maximum Gasteiger partial charge on any atom is 0.252 e. The van der Waals surface area contributed by atoms with E-state index in [4.69, 9.17) is 16.4 Å². The largest absolute Gasteiger partial charge is 0.310 e. The standard InChI is InChI=1S/C126H99BN4/c1-124(2,3)98-74-105(86-46-26-14-27-47-86)122(106(75-98)87-48-28-15-29-49-87)130-117-80-101(128-113-56-36-34-54-103(113)109-72-90(58-64-115(109)128)96-68-92(82-38-18-10-19-39-82)66-93(69-96)83-40-20-11-21-41-83)60-62-111(117)127-112-63-61-102(129-114-57-37-35-55-104(114)110-73-91(59-65-116(110)129)97-70-94(84-42-22-12-23-43-84)67-95(71-97)85-44-24-13-25-45-85)81-118(112)131(120-79-100(126(7,8)9)78-119(130)121(120)127)123-107(88-50-30-16-31-51-88)76-99(125(4,5)6)77-108(123)89-52-32-17-33-53-89/h10-81H,1-9H3/i10D,11D,12D,13D,18D,19D,20D,21D,22D,23D,24D,25D,34D,35D,36D,37D,38D,39D,40D,41D,42D,43D,44D,45D,54D,55D,56D,57D,58D,59D,60D,61D,62D,63D,64D,65D,66D,67D,68D,69D,70D,71D,72D,73D,80D,81D. The van der Waals surface area contributed by atoms with E-state index in [1.165, 1.54) is 0 Å². The molecular formula is C126H99BN4. The number of para-hydroxylation sites is 2. The highest BCUT2D eigenvalue weighted by atomic mass is 15.2. The summed E-state index contributed by atoms with van der Waals surface area (Å²) >= 11 is 0. The minimum atomic E-state index is -2.01. The lowest BCUT2D eigenvalue weighted by Gasteiger charge is -2.47. The fourth-order valence-corrected chi connectivity index (χ4v) is 17.5. The third-order valence-corrected chi connectivity index (χ3v) is 23.9. The third kappa shape index (κ3) is 14.1. The second kappa shape index (κ2) is 31.7. The molecule has 2 aromatic heterocycles. The molecule has 626 valence electrons. The lowest BCUT2D eigenvalue weighted by atomic mass is 9.33. The molecule has 2 aliphatic heterocycles. The Hall–Kier alpha value is -15.6. The molecule has 21 aromatic rings. The molecule has 4 heterocycles. The van der Waals surface area contributed by atoms with E-state index in [0.717, 1.165) is 9.13 Å². The van der Waals surface area contributed by atoms with E-state index in [1.54, 1.807) is 82.6 Å². The molecule has 0 N–H and O–H groups in total. The van der Waals surface area contributed by atoms with Crippen molar-refractivity contribution in [2.24, 2.45) is 0 Å². The van der Waals surface area contributed by atoms with Gasteiger partial charge in [0.15, 0.2) is 0 Å². The Balaban J connectivity index is 0.932. The highest BCUT2D eigenvalue weighted by Crippen LogP contribution is 2.57. The molecule has 0 spiro atoms. The lowest BCUT2D eigenvalue weighted by Crippen LogP contribution is -2.61. The van der Waals surface area contributed by atoms with Gasteiger partial charge in [-0.25, -0.2) is 0 Å². The van der Waals surface area contributed by atoms with Crippen LogP contribution in [0.4, 0.5) is 34.1 Å². The first-order valence-electron chi connectivity index (χ1n) is 65.4. The Morgan fingerprint density at radius 3 is 0.802 bits per heavy atom. The molecule has 0 amide bonds. The van der Waals surface area contributed by atoms with Crippen LogP contribution in [0.1, 0.15) is 142 Å². The van der Waals surface area contributed by atoms with E-state index in [0.29, 0.717) is 61.2 Å². The van der Waals surface area contributed by atoms with Crippen LogP contribution in [0.15, 0.2) is 436 Å². The Morgan fingerprint density at radius 1 is 0.221 bits per heavy atom. The van der Waals surface area contributed by atoms with Crippen molar-refractivity contribution in [2.45, 2.75) is 78.6 Å². The van der Waals surface area contributed by atoms with Gasteiger partial charge in [-0.1, -0.05) is 365 Å². The molecule has 4 nitrogen and oxygen atoms in total. The van der Waals surface area contributed by atoms with Crippen LogP contribution < -0.4 is 26.2 Å². The number of benzene rings is 19. The second-order valence-electron chi connectivity index (χ2n) is 35.1. The first-order valence-corrected chi connectivity index (χ1v) is 42.4. The van der Waals surface area contributed by atoms with Gasteiger partial charge >= 0.3 is 0 Å². The minimum absolute atomic E-state index is 0.0539. The maximum atomic E-state index is 12.3. The van der Waals surface area contributed by atoms with Crippen LogP contribution in [0, 0.1) is 0 Å². The van der Waals surface area contributed by atoms with E-state index in [1.807, 2.05) is 147 Å². The Kier molecular flexibility index (Phi) is 10.9. The van der Waals surface area contributed by atoms with Crippen LogP contribution in [0.3, 0.4) is 0 Å². The predicted molar refractivity (Wildman–Crippen MR) is 560 cm³/mol. The summed E-state index contributed by atoms with van der Waals surface area (Å²) in [7, 11) is 0. The summed E-state index contributed by atoms with van der Waals surface area (Å²) in [5, 5.41) is -3.11. The normalized spacial score (nSPS) is 17.5. The predicted octanol–water partition coefficient (Wildman–Crippen LogP) is 32.5. The van der Waals surface area contributed by atoms with Crippen LogP contribution >= 0.6 is 0 Å². The number of nitrogens with zero attached hydrogens (tertiary/aromatic N) is 4. The molecule has 0 aliphatic carbocycles. The number of anilines is 6. The molecule has 2 aliphatic rings. The van der Waals surface area contributed by atoms with Crippen LogP contribution in [-0.4, -0.2) is 15.8 Å². The molecular weight excluding hydrogens is 1580 g/mol. The highest BCUT2D eigenvalue weighted by molar-refractivity contribution is 7.00. The summed E-state index contributed by atoms with van der Waals surface area (Å²) in [6.07, 6.45) is 0. The number of rotatable bonds is 14. The third-order valence-electron chi connectivity index (χ3n) is 23.9. The van der Waals surface area contributed by atoms with E-state index < -0.39 is 445 Å². The maximum absolute atomic E-state index is 12.3. The van der Waals surface area contributed by atoms with Gasteiger partial charge in [0.05, 0.1) is 96.5 Å². The van der Waals surface area contributed by atoms with Gasteiger partial charge in [0, 0.05) is 77.9 Å². The molecule has 0 fully saturated rings. The van der Waals surface area contributed by atoms with Crippen LogP contribution in [-0.2, 0) is 16.2 Å². The quantitative estimate of drug-likeness (QED) is 0.101. The van der Waals surface area contributed by atoms with Crippen molar-refractivity contribution < 1.29 is 63.1 Å². The zero-order valence-electron chi connectivity index (χ0n) is 118. The summed E-state index contributed by atoms with van der Waals surface area (Å²) < 4.78 is 462. The van der Waals surface area contributed by atoms with E-state index in [9.17, 15) is 46.6 Å². The molecule has 0 unspecified atom stereocenters. The topological polar surface area (TPSA) is 16.3 Å². The number of hydrogen-bond acceptors (Lipinski definition) is 2. The molecule has 23 rings (SSSR count). The van der Waals surface area contributed by atoms with Crippen molar-refractivity contribution in [1.29, 1.82) is 0 Å². The highest BCUT2D eigenvalue weighted by Gasteiger charge is 2.47. The van der Waals surface area contributed by atoms with E-state index in [2.05, 4.69) is 0 Å². The van der Waals surface area contributed by atoms with Crippen LogP contribution in [0.5, 0.6) is 0 Å². The number of hydrogen-bond donors (Lipinski definition) is 0. The van der Waals surface area contributed by atoms with E-state index in [-0.39, 0.29) is 28.2 Å². The van der Waals surface area contributed by atoms with Gasteiger partial charge in [0.25, 0.3) is 6.71 Å².